The summed E-state index contributed by atoms with van der Waals surface area (Å²) in [5.74, 6) is -0.368. The van der Waals surface area contributed by atoms with Crippen molar-refractivity contribution in [3.05, 3.63) is 35.3 Å². The molecule has 0 atom stereocenters. The normalized spacial score (nSPS) is 10.8. The van der Waals surface area contributed by atoms with E-state index in [1.54, 1.807) is 17.9 Å². The summed E-state index contributed by atoms with van der Waals surface area (Å²) in [5, 5.41) is 0. The minimum absolute atomic E-state index is 0.0881. The SMILES string of the molecule is CCOC(=O)CCN(CC)C(=O)c1ccc2nc(CC)c(C)n2c1. The number of esters is 1. The van der Waals surface area contributed by atoms with Crippen LogP contribution in [0.4, 0.5) is 0 Å². The molecule has 0 aliphatic carbocycles. The van der Waals surface area contributed by atoms with Crippen LogP contribution in [0.15, 0.2) is 18.3 Å². The third-order valence-corrected chi connectivity index (χ3v) is 4.10. The molecule has 1 amide bonds. The van der Waals surface area contributed by atoms with Gasteiger partial charge in [-0.25, -0.2) is 4.98 Å². The lowest BCUT2D eigenvalue weighted by Gasteiger charge is -2.20. The smallest absolute Gasteiger partial charge is 0.307 e. The molecule has 0 saturated heterocycles. The molecule has 24 heavy (non-hydrogen) atoms. The van der Waals surface area contributed by atoms with Crippen molar-refractivity contribution in [2.24, 2.45) is 0 Å². The number of aromatic nitrogens is 2. The van der Waals surface area contributed by atoms with E-state index in [2.05, 4.69) is 11.9 Å². The molecule has 2 rings (SSSR count). The monoisotopic (exact) mass is 331 g/mol. The predicted octanol–water partition coefficient (Wildman–Crippen LogP) is 2.62. The summed E-state index contributed by atoms with van der Waals surface area (Å²) in [6, 6.07) is 3.65. The van der Waals surface area contributed by atoms with E-state index in [9.17, 15) is 9.59 Å². The quantitative estimate of drug-likeness (QED) is 0.732. The van der Waals surface area contributed by atoms with Crippen LogP contribution in [0.3, 0.4) is 0 Å². The molecule has 2 heterocycles. The number of amides is 1. The number of carbonyl (C=O) groups is 2. The Bertz CT molecular complexity index is 736. The Morgan fingerprint density at radius 2 is 2.00 bits per heavy atom. The topological polar surface area (TPSA) is 63.9 Å². The highest BCUT2D eigenvalue weighted by Crippen LogP contribution is 2.15. The number of rotatable bonds is 7. The standard InChI is InChI=1S/C18H25N3O3/c1-5-15-13(4)21-12-14(8-9-16(21)19-15)18(23)20(6-2)11-10-17(22)24-7-3/h8-9,12H,5-7,10-11H2,1-4H3. The van der Waals surface area contributed by atoms with Crippen molar-refractivity contribution in [1.29, 1.82) is 0 Å². The van der Waals surface area contributed by atoms with Crippen LogP contribution in [0.2, 0.25) is 0 Å². The molecule has 0 unspecified atom stereocenters. The number of hydrogen-bond donors (Lipinski definition) is 0. The minimum Gasteiger partial charge on any atom is -0.466 e. The summed E-state index contributed by atoms with van der Waals surface area (Å²) in [7, 11) is 0. The Kier molecular flexibility index (Phi) is 5.95. The first-order chi connectivity index (χ1) is 11.5. The van der Waals surface area contributed by atoms with E-state index in [0.29, 0.717) is 25.3 Å². The minimum atomic E-state index is -0.280. The Morgan fingerprint density at radius 3 is 2.62 bits per heavy atom. The van der Waals surface area contributed by atoms with E-state index in [1.807, 2.05) is 30.5 Å². The molecule has 2 aromatic heterocycles. The van der Waals surface area contributed by atoms with Gasteiger partial charge in [0.15, 0.2) is 0 Å². The van der Waals surface area contributed by atoms with Crippen LogP contribution in [0.25, 0.3) is 5.65 Å². The van der Waals surface area contributed by atoms with E-state index in [0.717, 1.165) is 23.5 Å². The van der Waals surface area contributed by atoms with E-state index >= 15 is 0 Å². The summed E-state index contributed by atoms with van der Waals surface area (Å²) in [6.07, 6.45) is 2.89. The summed E-state index contributed by atoms with van der Waals surface area (Å²) < 4.78 is 6.87. The second kappa shape index (κ2) is 7.95. The lowest BCUT2D eigenvalue weighted by molar-refractivity contribution is -0.143. The summed E-state index contributed by atoms with van der Waals surface area (Å²) in [6.45, 7) is 9.00. The van der Waals surface area contributed by atoms with Crippen molar-refractivity contribution in [1.82, 2.24) is 14.3 Å². The van der Waals surface area contributed by atoms with Gasteiger partial charge >= 0.3 is 5.97 Å². The van der Waals surface area contributed by atoms with Crippen molar-refractivity contribution in [2.45, 2.75) is 40.5 Å². The van der Waals surface area contributed by atoms with Crippen LogP contribution in [0.5, 0.6) is 0 Å². The number of fused-ring (bicyclic) bond motifs is 1. The van der Waals surface area contributed by atoms with Crippen molar-refractivity contribution >= 4 is 17.5 Å². The molecular formula is C18H25N3O3. The third-order valence-electron chi connectivity index (χ3n) is 4.10. The van der Waals surface area contributed by atoms with Crippen LogP contribution in [-0.2, 0) is 16.0 Å². The van der Waals surface area contributed by atoms with E-state index in [-0.39, 0.29) is 18.3 Å². The Labute approximate surface area is 142 Å². The van der Waals surface area contributed by atoms with E-state index in [1.165, 1.54) is 0 Å². The lowest BCUT2D eigenvalue weighted by atomic mass is 10.2. The fourth-order valence-corrected chi connectivity index (χ4v) is 2.72. The van der Waals surface area contributed by atoms with Gasteiger partial charge in [-0.3, -0.25) is 9.59 Å². The van der Waals surface area contributed by atoms with Gasteiger partial charge < -0.3 is 14.0 Å². The van der Waals surface area contributed by atoms with Gasteiger partial charge in [-0.1, -0.05) is 6.92 Å². The van der Waals surface area contributed by atoms with Gasteiger partial charge in [-0.2, -0.15) is 0 Å². The second-order valence-corrected chi connectivity index (χ2v) is 5.58. The van der Waals surface area contributed by atoms with Crippen molar-refractivity contribution in [3.8, 4) is 0 Å². The van der Waals surface area contributed by atoms with Crippen LogP contribution >= 0.6 is 0 Å². The molecule has 2 aromatic rings. The summed E-state index contributed by atoms with van der Waals surface area (Å²) in [5.41, 5.74) is 3.53. The lowest BCUT2D eigenvalue weighted by Crippen LogP contribution is -2.33. The molecule has 0 fully saturated rings. The number of hydrogen-bond acceptors (Lipinski definition) is 4. The van der Waals surface area contributed by atoms with E-state index < -0.39 is 0 Å². The molecule has 0 aliphatic heterocycles. The van der Waals surface area contributed by atoms with Gasteiger partial charge in [0.1, 0.15) is 5.65 Å². The summed E-state index contributed by atoms with van der Waals surface area (Å²) >= 11 is 0. The molecule has 0 bridgehead atoms. The maximum absolute atomic E-state index is 12.7. The average molecular weight is 331 g/mol. The molecular weight excluding hydrogens is 306 g/mol. The Morgan fingerprint density at radius 1 is 1.25 bits per heavy atom. The van der Waals surface area contributed by atoms with Gasteiger partial charge in [0.25, 0.3) is 5.91 Å². The zero-order chi connectivity index (χ0) is 17.7. The predicted molar refractivity (Wildman–Crippen MR) is 92.1 cm³/mol. The highest BCUT2D eigenvalue weighted by atomic mass is 16.5. The second-order valence-electron chi connectivity index (χ2n) is 5.58. The van der Waals surface area contributed by atoms with E-state index in [4.69, 9.17) is 4.74 Å². The molecule has 0 radical (unpaired) electrons. The van der Waals surface area contributed by atoms with Gasteiger partial charge in [-0.05, 0) is 39.3 Å². The van der Waals surface area contributed by atoms with Gasteiger partial charge in [0.2, 0.25) is 0 Å². The molecule has 0 aliphatic rings. The van der Waals surface area contributed by atoms with Crippen molar-refractivity contribution in [2.75, 3.05) is 19.7 Å². The maximum Gasteiger partial charge on any atom is 0.307 e. The van der Waals surface area contributed by atoms with Crippen LogP contribution < -0.4 is 0 Å². The number of imidazole rings is 1. The Balaban J connectivity index is 2.19. The first kappa shape index (κ1) is 18.0. The molecule has 6 heteroatoms. The molecule has 130 valence electrons. The van der Waals surface area contributed by atoms with Crippen molar-refractivity contribution in [3.63, 3.8) is 0 Å². The highest BCUT2D eigenvalue weighted by molar-refractivity contribution is 5.94. The first-order valence-corrected chi connectivity index (χ1v) is 8.44. The largest absolute Gasteiger partial charge is 0.466 e. The zero-order valence-electron chi connectivity index (χ0n) is 14.8. The Hall–Kier alpha value is -2.37. The fourth-order valence-electron chi connectivity index (χ4n) is 2.72. The van der Waals surface area contributed by atoms with Crippen LogP contribution in [-0.4, -0.2) is 45.9 Å². The van der Waals surface area contributed by atoms with Gasteiger partial charge in [0.05, 0.1) is 24.3 Å². The average Bonchev–Trinajstić information content (AvgIpc) is 2.91. The molecule has 0 saturated carbocycles. The van der Waals surface area contributed by atoms with Gasteiger partial charge in [0, 0.05) is 25.0 Å². The molecule has 0 spiro atoms. The third kappa shape index (κ3) is 3.75. The molecule has 6 nitrogen and oxygen atoms in total. The molecule has 0 N–H and O–H groups in total. The number of ether oxygens (including phenoxy) is 1. The number of nitrogens with zero attached hydrogens (tertiary/aromatic N) is 3. The van der Waals surface area contributed by atoms with Crippen LogP contribution in [0, 0.1) is 6.92 Å². The number of pyridine rings is 1. The maximum atomic E-state index is 12.7. The molecule has 0 aromatic carbocycles. The van der Waals surface area contributed by atoms with Gasteiger partial charge in [-0.15, -0.1) is 0 Å². The first-order valence-electron chi connectivity index (χ1n) is 8.44. The highest BCUT2D eigenvalue weighted by Gasteiger charge is 2.17. The number of aryl methyl sites for hydroxylation is 2. The zero-order valence-corrected chi connectivity index (χ0v) is 14.8. The summed E-state index contributed by atoms with van der Waals surface area (Å²) in [4.78, 5) is 30.4. The fraction of sp³-hybridized carbons (Fsp3) is 0.500. The number of carbonyl (C=O) groups excluding carboxylic acids is 2. The van der Waals surface area contributed by atoms with Crippen LogP contribution in [0.1, 0.15) is 48.9 Å². The van der Waals surface area contributed by atoms with Crippen molar-refractivity contribution < 1.29 is 14.3 Å².